The lowest BCUT2D eigenvalue weighted by Gasteiger charge is -2.23. The molecule has 1 aromatic rings. The van der Waals surface area contributed by atoms with E-state index in [1.54, 1.807) is 24.3 Å². The molecule has 0 aliphatic rings. The Balaban J connectivity index is 2.59. The Hall–Kier alpha value is -2.08. The van der Waals surface area contributed by atoms with Gasteiger partial charge in [0.2, 0.25) is 5.91 Å². The number of carbonyl (C=O) groups excluding carboxylic acids is 1. The molecule has 0 saturated carbocycles. The lowest BCUT2D eigenvalue weighted by molar-refractivity contribution is -0.154. The molecule has 0 aliphatic heterocycles. The van der Waals surface area contributed by atoms with E-state index < -0.39 is 23.8 Å². The predicted molar refractivity (Wildman–Crippen MR) is 76.2 cm³/mol. The highest BCUT2D eigenvalue weighted by Gasteiger charge is 2.36. The van der Waals surface area contributed by atoms with E-state index in [-0.39, 0.29) is 18.9 Å². The highest BCUT2D eigenvalue weighted by atomic mass is 35.5. The average Bonchev–Trinajstić information content (AvgIpc) is 2.38. The molecule has 0 bridgehead atoms. The number of amides is 1. The number of hydrogen-bond donors (Lipinski definition) is 3. The Kier molecular flexibility index (Phi) is 5.72. The molecule has 0 fully saturated rings. The van der Waals surface area contributed by atoms with Gasteiger partial charge in [-0.3, -0.25) is 14.4 Å². The number of carboxylic acid groups (broad SMARTS) is 2. The van der Waals surface area contributed by atoms with Crippen LogP contribution in [0.5, 0.6) is 0 Å². The van der Waals surface area contributed by atoms with Gasteiger partial charge in [0, 0.05) is 11.6 Å². The van der Waals surface area contributed by atoms with E-state index in [1.807, 2.05) is 0 Å². The maximum atomic E-state index is 11.8. The minimum absolute atomic E-state index is 0.0694. The van der Waals surface area contributed by atoms with Gasteiger partial charge in [0.05, 0.1) is 18.3 Å². The van der Waals surface area contributed by atoms with E-state index in [0.29, 0.717) is 5.02 Å². The topological polar surface area (TPSA) is 104 Å². The van der Waals surface area contributed by atoms with Gasteiger partial charge in [0.1, 0.15) is 0 Å². The van der Waals surface area contributed by atoms with Crippen molar-refractivity contribution in [3.63, 3.8) is 0 Å². The number of hydrogen-bond acceptors (Lipinski definition) is 3. The first kappa shape index (κ1) is 17.0. The van der Waals surface area contributed by atoms with Gasteiger partial charge in [-0.15, -0.1) is 0 Å². The molecule has 21 heavy (non-hydrogen) atoms. The van der Waals surface area contributed by atoms with Crippen LogP contribution < -0.4 is 5.32 Å². The lowest BCUT2D eigenvalue weighted by Crippen LogP contribution is -2.42. The van der Waals surface area contributed by atoms with Gasteiger partial charge >= 0.3 is 11.9 Å². The number of nitrogens with one attached hydrogen (secondary N) is 1. The van der Waals surface area contributed by atoms with E-state index in [1.165, 1.54) is 6.92 Å². The van der Waals surface area contributed by atoms with Crippen LogP contribution in [0.4, 0.5) is 0 Å². The Labute approximate surface area is 126 Å². The molecular weight excluding hydrogens is 298 g/mol. The Morgan fingerprint density at radius 1 is 1.19 bits per heavy atom. The molecule has 1 atom stereocenters. The summed E-state index contributed by atoms with van der Waals surface area (Å²) < 4.78 is 0. The van der Waals surface area contributed by atoms with Crippen LogP contribution in [-0.2, 0) is 20.8 Å². The molecule has 0 aliphatic carbocycles. The van der Waals surface area contributed by atoms with E-state index in [2.05, 4.69) is 5.32 Å². The van der Waals surface area contributed by atoms with E-state index in [0.717, 1.165) is 5.56 Å². The average molecular weight is 314 g/mol. The summed E-state index contributed by atoms with van der Waals surface area (Å²) in [4.78, 5) is 33.6. The standard InChI is InChI=1S/C14H16ClNO5/c1-14(13(20)21,7-12(18)19)8-16-11(17)6-9-2-4-10(15)5-3-9/h2-5H,6-8H2,1H3,(H,16,17)(H,18,19)(H,20,21). The van der Waals surface area contributed by atoms with Crippen molar-refractivity contribution in [2.45, 2.75) is 19.8 Å². The number of halogens is 1. The molecular formula is C14H16ClNO5. The second kappa shape index (κ2) is 7.08. The van der Waals surface area contributed by atoms with Crippen molar-refractivity contribution >= 4 is 29.4 Å². The van der Waals surface area contributed by atoms with Gasteiger partial charge in [0.15, 0.2) is 0 Å². The number of rotatable bonds is 7. The molecule has 7 heteroatoms. The van der Waals surface area contributed by atoms with Gasteiger partial charge in [-0.2, -0.15) is 0 Å². The maximum Gasteiger partial charge on any atom is 0.311 e. The van der Waals surface area contributed by atoms with E-state index >= 15 is 0 Å². The molecule has 1 aromatic carbocycles. The third kappa shape index (κ3) is 5.43. The zero-order chi connectivity index (χ0) is 16.0. The number of benzene rings is 1. The van der Waals surface area contributed by atoms with Crippen LogP contribution in [0.1, 0.15) is 18.9 Å². The van der Waals surface area contributed by atoms with Gasteiger partial charge in [-0.1, -0.05) is 23.7 Å². The molecule has 0 heterocycles. The summed E-state index contributed by atoms with van der Waals surface area (Å²) in [6.07, 6.45) is -0.497. The summed E-state index contributed by atoms with van der Waals surface area (Å²) in [6, 6.07) is 6.68. The van der Waals surface area contributed by atoms with Crippen LogP contribution >= 0.6 is 11.6 Å². The van der Waals surface area contributed by atoms with Gasteiger partial charge in [-0.25, -0.2) is 0 Å². The second-order valence-electron chi connectivity index (χ2n) is 5.02. The second-order valence-corrected chi connectivity index (χ2v) is 5.45. The van der Waals surface area contributed by atoms with Crippen LogP contribution in [0.25, 0.3) is 0 Å². The molecule has 0 aromatic heterocycles. The highest BCUT2D eigenvalue weighted by Crippen LogP contribution is 2.20. The molecule has 6 nitrogen and oxygen atoms in total. The van der Waals surface area contributed by atoms with Crippen LogP contribution in [0.15, 0.2) is 24.3 Å². The molecule has 0 radical (unpaired) electrons. The molecule has 0 saturated heterocycles. The van der Waals surface area contributed by atoms with Crippen molar-refractivity contribution in [1.29, 1.82) is 0 Å². The Morgan fingerprint density at radius 3 is 2.24 bits per heavy atom. The van der Waals surface area contributed by atoms with Gasteiger partial charge in [0.25, 0.3) is 0 Å². The molecule has 1 unspecified atom stereocenters. The zero-order valence-electron chi connectivity index (χ0n) is 11.4. The first-order valence-corrected chi connectivity index (χ1v) is 6.57. The van der Waals surface area contributed by atoms with Crippen molar-refractivity contribution in [3.8, 4) is 0 Å². The molecule has 114 valence electrons. The van der Waals surface area contributed by atoms with E-state index in [4.69, 9.17) is 21.8 Å². The van der Waals surface area contributed by atoms with E-state index in [9.17, 15) is 14.4 Å². The summed E-state index contributed by atoms with van der Waals surface area (Å²) >= 11 is 5.73. The first-order valence-electron chi connectivity index (χ1n) is 6.19. The largest absolute Gasteiger partial charge is 0.481 e. The summed E-state index contributed by atoms with van der Waals surface area (Å²) in [5, 5.41) is 20.8. The molecule has 1 amide bonds. The third-order valence-corrected chi connectivity index (χ3v) is 3.26. The number of carboxylic acids is 2. The van der Waals surface area contributed by atoms with Gasteiger partial charge < -0.3 is 15.5 Å². The fourth-order valence-corrected chi connectivity index (χ4v) is 1.82. The number of carbonyl (C=O) groups is 3. The van der Waals surface area contributed by atoms with Crippen molar-refractivity contribution in [3.05, 3.63) is 34.9 Å². The Bertz CT molecular complexity index is 543. The number of aliphatic carboxylic acids is 2. The minimum atomic E-state index is -1.54. The minimum Gasteiger partial charge on any atom is -0.481 e. The van der Waals surface area contributed by atoms with Crippen molar-refractivity contribution in [1.82, 2.24) is 5.32 Å². The summed E-state index contributed by atoms with van der Waals surface area (Å²) in [5.41, 5.74) is -0.811. The monoisotopic (exact) mass is 313 g/mol. The zero-order valence-corrected chi connectivity index (χ0v) is 12.2. The van der Waals surface area contributed by atoms with Crippen molar-refractivity contribution in [2.24, 2.45) is 5.41 Å². The first-order chi connectivity index (χ1) is 9.73. The normalized spacial score (nSPS) is 13.2. The Morgan fingerprint density at radius 2 is 1.76 bits per heavy atom. The fourth-order valence-electron chi connectivity index (χ4n) is 1.69. The summed E-state index contributed by atoms with van der Waals surface area (Å²) in [5.74, 6) is -2.88. The SMILES string of the molecule is CC(CNC(=O)Cc1ccc(Cl)cc1)(CC(=O)O)C(=O)O. The predicted octanol–water partition coefficient (Wildman–Crippen LogP) is 1.56. The van der Waals surface area contributed by atoms with Crippen molar-refractivity contribution < 1.29 is 24.6 Å². The highest BCUT2D eigenvalue weighted by molar-refractivity contribution is 6.30. The maximum absolute atomic E-state index is 11.8. The van der Waals surface area contributed by atoms with Crippen LogP contribution in [0.3, 0.4) is 0 Å². The van der Waals surface area contributed by atoms with Crippen LogP contribution in [0, 0.1) is 5.41 Å². The summed E-state index contributed by atoms with van der Waals surface area (Å²) in [6.45, 7) is 1.03. The fraction of sp³-hybridized carbons (Fsp3) is 0.357. The van der Waals surface area contributed by atoms with Gasteiger partial charge in [-0.05, 0) is 24.6 Å². The van der Waals surface area contributed by atoms with Crippen LogP contribution in [-0.4, -0.2) is 34.6 Å². The molecule has 1 rings (SSSR count). The summed E-state index contributed by atoms with van der Waals surface area (Å²) in [7, 11) is 0. The third-order valence-electron chi connectivity index (χ3n) is 3.01. The lowest BCUT2D eigenvalue weighted by atomic mass is 9.87. The van der Waals surface area contributed by atoms with Crippen LogP contribution in [0.2, 0.25) is 5.02 Å². The quantitative estimate of drug-likeness (QED) is 0.709. The molecule has 0 spiro atoms. The van der Waals surface area contributed by atoms with Crippen molar-refractivity contribution in [2.75, 3.05) is 6.54 Å². The molecule has 3 N–H and O–H groups in total. The smallest absolute Gasteiger partial charge is 0.311 e.